The third-order valence-corrected chi connectivity index (χ3v) is 5.22. The first kappa shape index (κ1) is 18.0. The molecule has 8 heteroatoms. The van der Waals surface area contributed by atoms with Gasteiger partial charge < -0.3 is 16.0 Å². The van der Waals surface area contributed by atoms with E-state index in [2.05, 4.69) is 5.32 Å². The molecule has 0 bridgehead atoms. The van der Waals surface area contributed by atoms with Crippen molar-refractivity contribution in [2.24, 2.45) is 5.73 Å². The van der Waals surface area contributed by atoms with Gasteiger partial charge >= 0.3 is 6.03 Å². The molecule has 1 spiro atoms. The van der Waals surface area contributed by atoms with E-state index >= 15 is 0 Å². The van der Waals surface area contributed by atoms with Gasteiger partial charge in [0.1, 0.15) is 12.1 Å². The predicted molar refractivity (Wildman–Crippen MR) is 87.1 cm³/mol. The summed E-state index contributed by atoms with van der Waals surface area (Å²) in [6.45, 7) is 0.925. The maximum Gasteiger partial charge on any atom is 0.325 e. The second kappa shape index (κ2) is 7.05. The Bertz CT molecular complexity index is 493. The number of nitrogens with one attached hydrogen (secondary N) is 1. The molecule has 3 N–H and O–H groups in total. The van der Waals surface area contributed by atoms with Crippen LogP contribution in [0.3, 0.4) is 0 Å². The van der Waals surface area contributed by atoms with Crippen LogP contribution in [0, 0.1) is 0 Å². The summed E-state index contributed by atoms with van der Waals surface area (Å²) >= 11 is 0. The Hall–Kier alpha value is -1.34. The fourth-order valence-electron chi connectivity index (χ4n) is 3.95. The van der Waals surface area contributed by atoms with E-state index in [0.29, 0.717) is 25.9 Å². The lowest BCUT2D eigenvalue weighted by molar-refractivity contribution is -0.139. The highest BCUT2D eigenvalue weighted by Gasteiger charge is 2.52. The van der Waals surface area contributed by atoms with E-state index in [4.69, 9.17) is 5.73 Å². The van der Waals surface area contributed by atoms with E-state index in [1.807, 2.05) is 0 Å². The van der Waals surface area contributed by atoms with Gasteiger partial charge in [-0.3, -0.25) is 14.5 Å². The summed E-state index contributed by atoms with van der Waals surface area (Å²) in [6.07, 6.45) is 6.15. The van der Waals surface area contributed by atoms with Crippen molar-refractivity contribution >= 4 is 30.3 Å². The summed E-state index contributed by atoms with van der Waals surface area (Å²) in [7, 11) is 0. The minimum absolute atomic E-state index is 0. The van der Waals surface area contributed by atoms with Crippen LogP contribution >= 0.6 is 12.4 Å². The van der Waals surface area contributed by atoms with E-state index in [1.54, 1.807) is 4.90 Å². The summed E-state index contributed by atoms with van der Waals surface area (Å²) in [5, 5.41) is 2.83. The molecule has 7 nitrogen and oxygen atoms in total. The molecule has 130 valence electrons. The quantitative estimate of drug-likeness (QED) is 0.733. The number of imide groups is 1. The van der Waals surface area contributed by atoms with Gasteiger partial charge in [-0.1, -0.05) is 19.3 Å². The van der Waals surface area contributed by atoms with Crippen LogP contribution in [0.1, 0.15) is 44.9 Å². The number of nitrogens with zero attached hydrogens (tertiary/aromatic N) is 2. The average molecular weight is 345 g/mol. The molecule has 0 aromatic rings. The first-order valence-corrected chi connectivity index (χ1v) is 8.21. The minimum Gasteiger partial charge on any atom is -0.337 e. The fraction of sp³-hybridized carbons (Fsp3) is 0.800. The zero-order valence-electron chi connectivity index (χ0n) is 13.3. The van der Waals surface area contributed by atoms with Crippen LogP contribution in [0.25, 0.3) is 0 Å². The second-order valence-corrected chi connectivity index (χ2v) is 6.58. The molecule has 0 aromatic heterocycles. The number of likely N-dealkylation sites (tertiary alicyclic amines) is 1. The number of rotatable bonds is 3. The number of amides is 4. The Labute approximate surface area is 142 Å². The van der Waals surface area contributed by atoms with Crippen molar-refractivity contribution in [2.75, 3.05) is 19.6 Å². The van der Waals surface area contributed by atoms with Crippen molar-refractivity contribution < 1.29 is 14.4 Å². The molecule has 3 rings (SSSR count). The molecule has 1 atom stereocenters. The molecule has 0 aromatic carbocycles. The maximum atomic E-state index is 12.6. The molecule has 1 unspecified atom stereocenters. The van der Waals surface area contributed by atoms with Gasteiger partial charge in [0, 0.05) is 19.1 Å². The molecule has 0 radical (unpaired) electrons. The zero-order chi connectivity index (χ0) is 15.7. The van der Waals surface area contributed by atoms with Crippen molar-refractivity contribution in [3.8, 4) is 0 Å². The lowest BCUT2D eigenvalue weighted by Gasteiger charge is -2.30. The summed E-state index contributed by atoms with van der Waals surface area (Å²) < 4.78 is 0. The lowest BCUT2D eigenvalue weighted by Crippen LogP contribution is -2.49. The van der Waals surface area contributed by atoms with Gasteiger partial charge in [-0.2, -0.15) is 0 Å². The lowest BCUT2D eigenvalue weighted by atomic mass is 9.82. The molecule has 1 aliphatic carbocycles. The maximum absolute atomic E-state index is 12.6. The number of carbonyl (C=O) groups excluding carboxylic acids is 3. The average Bonchev–Trinajstić information content (AvgIpc) is 3.08. The van der Waals surface area contributed by atoms with Crippen molar-refractivity contribution in [1.29, 1.82) is 0 Å². The molecule has 3 aliphatic rings. The highest BCUT2D eigenvalue weighted by atomic mass is 35.5. The Balaban J connectivity index is 0.00000192. The highest BCUT2D eigenvalue weighted by Crippen LogP contribution is 2.33. The summed E-state index contributed by atoms with van der Waals surface area (Å²) in [5.74, 6) is -0.404. The number of carbonyl (C=O) groups is 3. The van der Waals surface area contributed by atoms with Crippen molar-refractivity contribution in [3.63, 3.8) is 0 Å². The Morgan fingerprint density at radius 1 is 1.22 bits per heavy atom. The molecular weight excluding hydrogens is 320 g/mol. The predicted octanol–water partition coefficient (Wildman–Crippen LogP) is 0.613. The molecular formula is C15H25ClN4O3. The smallest absolute Gasteiger partial charge is 0.325 e. The highest BCUT2D eigenvalue weighted by molar-refractivity contribution is 6.09. The number of urea groups is 1. The van der Waals surface area contributed by atoms with Gasteiger partial charge in [-0.15, -0.1) is 12.4 Å². The third-order valence-electron chi connectivity index (χ3n) is 5.22. The van der Waals surface area contributed by atoms with Crippen LogP contribution in [-0.2, 0) is 9.59 Å². The summed E-state index contributed by atoms with van der Waals surface area (Å²) in [5.41, 5.74) is 4.93. The van der Waals surface area contributed by atoms with Crippen LogP contribution in [0.5, 0.6) is 0 Å². The van der Waals surface area contributed by atoms with E-state index in [9.17, 15) is 14.4 Å². The van der Waals surface area contributed by atoms with Gasteiger partial charge in [0.05, 0.1) is 0 Å². The number of hydrogen-bond acceptors (Lipinski definition) is 4. The van der Waals surface area contributed by atoms with Crippen molar-refractivity contribution in [1.82, 2.24) is 15.1 Å². The number of halogens is 1. The Morgan fingerprint density at radius 3 is 2.57 bits per heavy atom. The standard InChI is InChI=1S/C15H24N4O3.ClH/c16-9-11-5-4-8-18(11)12(20)10-19-13(21)15(17-14(19)22)6-2-1-3-7-15;/h11H,1-10,16H2,(H,17,22);1H. The van der Waals surface area contributed by atoms with Gasteiger partial charge in [-0.05, 0) is 25.7 Å². The van der Waals surface area contributed by atoms with Crippen molar-refractivity contribution in [2.45, 2.75) is 56.5 Å². The molecule has 23 heavy (non-hydrogen) atoms. The zero-order valence-corrected chi connectivity index (χ0v) is 14.1. The summed E-state index contributed by atoms with van der Waals surface area (Å²) in [4.78, 5) is 40.0. The monoisotopic (exact) mass is 344 g/mol. The van der Waals surface area contributed by atoms with Gasteiger partial charge in [-0.25, -0.2) is 4.79 Å². The van der Waals surface area contributed by atoms with Crippen LogP contribution in [0.2, 0.25) is 0 Å². The minimum atomic E-state index is -0.756. The molecule has 3 fully saturated rings. The molecule has 1 saturated carbocycles. The largest absolute Gasteiger partial charge is 0.337 e. The van der Waals surface area contributed by atoms with Gasteiger partial charge in [0.25, 0.3) is 5.91 Å². The molecule has 2 aliphatic heterocycles. The molecule has 2 heterocycles. The normalized spacial score (nSPS) is 26.4. The van der Waals surface area contributed by atoms with E-state index in [1.165, 1.54) is 0 Å². The van der Waals surface area contributed by atoms with Gasteiger partial charge in [0.15, 0.2) is 0 Å². The SMILES string of the molecule is Cl.NCC1CCCN1C(=O)CN1C(=O)NC2(CCCCC2)C1=O. The Kier molecular flexibility index (Phi) is 5.52. The van der Waals surface area contributed by atoms with E-state index in [-0.39, 0.29) is 36.8 Å². The first-order chi connectivity index (χ1) is 10.6. The van der Waals surface area contributed by atoms with Crippen LogP contribution in [0.15, 0.2) is 0 Å². The Morgan fingerprint density at radius 2 is 1.91 bits per heavy atom. The van der Waals surface area contributed by atoms with Gasteiger partial charge in [0.2, 0.25) is 5.91 Å². The van der Waals surface area contributed by atoms with E-state index < -0.39 is 11.6 Å². The van der Waals surface area contributed by atoms with Crippen molar-refractivity contribution in [3.05, 3.63) is 0 Å². The number of hydrogen-bond donors (Lipinski definition) is 2. The third kappa shape index (κ3) is 3.17. The molecule has 4 amide bonds. The fourth-order valence-corrected chi connectivity index (χ4v) is 3.95. The second-order valence-electron chi connectivity index (χ2n) is 6.58. The summed E-state index contributed by atoms with van der Waals surface area (Å²) in [6, 6.07) is -0.388. The van der Waals surface area contributed by atoms with Crippen LogP contribution in [0.4, 0.5) is 4.79 Å². The van der Waals surface area contributed by atoms with Crippen LogP contribution < -0.4 is 11.1 Å². The topological polar surface area (TPSA) is 95.7 Å². The first-order valence-electron chi connectivity index (χ1n) is 8.21. The van der Waals surface area contributed by atoms with E-state index in [0.717, 1.165) is 37.0 Å². The number of nitrogens with two attached hydrogens (primary N) is 1. The van der Waals surface area contributed by atoms with Crippen LogP contribution in [-0.4, -0.2) is 58.9 Å². The molecule has 2 saturated heterocycles.